The SMILES string of the molecule is C/C(=N\N)c1ccc(OCCCC(=O)ON2C(=O)CCC2=O)cc1. The highest BCUT2D eigenvalue weighted by Gasteiger charge is 2.32. The molecule has 8 nitrogen and oxygen atoms in total. The van der Waals surface area contributed by atoms with E-state index in [0.717, 1.165) is 11.3 Å². The molecule has 2 rings (SSSR count). The van der Waals surface area contributed by atoms with Crippen molar-refractivity contribution in [3.63, 3.8) is 0 Å². The number of amides is 2. The van der Waals surface area contributed by atoms with Gasteiger partial charge in [0.25, 0.3) is 11.8 Å². The Hall–Kier alpha value is -2.90. The van der Waals surface area contributed by atoms with Crippen LogP contribution in [0.15, 0.2) is 29.4 Å². The quantitative estimate of drug-likeness (QED) is 0.263. The van der Waals surface area contributed by atoms with Gasteiger partial charge in [-0.05, 0) is 43.2 Å². The topological polar surface area (TPSA) is 111 Å². The van der Waals surface area contributed by atoms with E-state index in [-0.39, 0.29) is 19.3 Å². The molecule has 2 N–H and O–H groups in total. The molecule has 1 saturated heterocycles. The van der Waals surface area contributed by atoms with E-state index in [1.807, 2.05) is 12.1 Å². The van der Waals surface area contributed by atoms with Crippen LogP contribution in [0.4, 0.5) is 0 Å². The molecular weight excluding hydrogens is 314 g/mol. The second-order valence-electron chi connectivity index (χ2n) is 5.24. The fourth-order valence-electron chi connectivity index (χ4n) is 2.08. The van der Waals surface area contributed by atoms with Crippen molar-refractivity contribution in [2.45, 2.75) is 32.6 Å². The summed E-state index contributed by atoms with van der Waals surface area (Å²) in [5.41, 5.74) is 1.61. The second-order valence-corrected chi connectivity index (χ2v) is 5.24. The number of hydrogen-bond donors (Lipinski definition) is 1. The predicted octanol–water partition coefficient (Wildman–Crippen LogP) is 1.14. The Morgan fingerprint density at radius 1 is 1.21 bits per heavy atom. The molecule has 8 heteroatoms. The third kappa shape index (κ3) is 4.55. The zero-order valence-corrected chi connectivity index (χ0v) is 13.4. The first-order valence-electron chi connectivity index (χ1n) is 7.55. The number of hydroxylamine groups is 2. The van der Waals surface area contributed by atoms with Crippen molar-refractivity contribution in [2.75, 3.05) is 6.61 Å². The fourth-order valence-corrected chi connectivity index (χ4v) is 2.08. The zero-order valence-electron chi connectivity index (χ0n) is 13.4. The van der Waals surface area contributed by atoms with Crippen LogP contribution in [-0.2, 0) is 19.2 Å². The van der Waals surface area contributed by atoms with Gasteiger partial charge in [0.2, 0.25) is 0 Å². The highest BCUT2D eigenvalue weighted by atomic mass is 16.7. The number of benzene rings is 1. The van der Waals surface area contributed by atoms with Crippen molar-refractivity contribution in [3.05, 3.63) is 29.8 Å². The number of nitrogens with zero attached hydrogens (tertiary/aromatic N) is 2. The van der Waals surface area contributed by atoms with E-state index in [1.165, 1.54) is 0 Å². The number of carbonyl (C=O) groups is 3. The smallest absolute Gasteiger partial charge is 0.333 e. The molecule has 1 aromatic rings. The molecule has 0 radical (unpaired) electrons. The first kappa shape index (κ1) is 17.5. The van der Waals surface area contributed by atoms with Crippen LogP contribution < -0.4 is 10.6 Å². The molecular formula is C16H19N3O5. The van der Waals surface area contributed by atoms with E-state index in [2.05, 4.69) is 5.10 Å². The van der Waals surface area contributed by atoms with E-state index in [0.29, 0.717) is 23.8 Å². The average molecular weight is 333 g/mol. The van der Waals surface area contributed by atoms with Crippen molar-refractivity contribution < 1.29 is 24.0 Å². The van der Waals surface area contributed by atoms with Crippen LogP contribution in [-0.4, -0.2) is 35.2 Å². The maximum atomic E-state index is 11.6. The molecule has 2 amide bonds. The molecule has 1 aliphatic rings. The van der Waals surface area contributed by atoms with Gasteiger partial charge in [-0.3, -0.25) is 9.59 Å². The monoisotopic (exact) mass is 333 g/mol. The molecule has 0 spiro atoms. The summed E-state index contributed by atoms with van der Waals surface area (Å²) >= 11 is 0. The zero-order chi connectivity index (χ0) is 17.5. The summed E-state index contributed by atoms with van der Waals surface area (Å²) in [5.74, 6) is 4.26. The van der Waals surface area contributed by atoms with Crippen LogP contribution in [0.25, 0.3) is 0 Å². The Morgan fingerprint density at radius 2 is 1.83 bits per heavy atom. The minimum Gasteiger partial charge on any atom is -0.494 e. The van der Waals surface area contributed by atoms with E-state index >= 15 is 0 Å². The molecule has 1 fully saturated rings. The minimum atomic E-state index is -0.632. The van der Waals surface area contributed by atoms with Crippen LogP contribution in [0.2, 0.25) is 0 Å². The van der Waals surface area contributed by atoms with Crippen molar-refractivity contribution in [1.82, 2.24) is 5.06 Å². The molecule has 0 atom stereocenters. The molecule has 1 aliphatic heterocycles. The lowest BCUT2D eigenvalue weighted by Crippen LogP contribution is -2.32. The van der Waals surface area contributed by atoms with Crippen molar-refractivity contribution in [1.29, 1.82) is 0 Å². The van der Waals surface area contributed by atoms with E-state index in [9.17, 15) is 14.4 Å². The summed E-state index contributed by atoms with van der Waals surface area (Å²) < 4.78 is 5.51. The lowest BCUT2D eigenvalue weighted by molar-refractivity contribution is -0.197. The molecule has 0 aliphatic carbocycles. The normalized spacial score (nSPS) is 14.9. The Bertz CT molecular complexity index is 638. The van der Waals surface area contributed by atoms with Gasteiger partial charge in [-0.15, -0.1) is 5.06 Å². The number of nitrogens with two attached hydrogens (primary N) is 1. The second kappa shape index (κ2) is 8.09. The highest BCUT2D eigenvalue weighted by Crippen LogP contribution is 2.15. The van der Waals surface area contributed by atoms with E-state index in [1.54, 1.807) is 19.1 Å². The Kier molecular flexibility index (Phi) is 5.89. The van der Waals surface area contributed by atoms with Crippen molar-refractivity contribution in [2.24, 2.45) is 10.9 Å². The maximum Gasteiger partial charge on any atom is 0.333 e. The molecule has 0 bridgehead atoms. The largest absolute Gasteiger partial charge is 0.494 e. The summed E-state index contributed by atoms with van der Waals surface area (Å²) in [6.45, 7) is 2.11. The summed E-state index contributed by atoms with van der Waals surface area (Å²) in [6, 6.07) is 7.23. The van der Waals surface area contributed by atoms with Crippen LogP contribution in [0.5, 0.6) is 5.75 Å². The Labute approximate surface area is 139 Å². The minimum absolute atomic E-state index is 0.0497. The van der Waals surface area contributed by atoms with Gasteiger partial charge < -0.3 is 15.4 Å². The number of hydrazone groups is 1. The number of carbonyl (C=O) groups excluding carboxylic acids is 3. The fraction of sp³-hybridized carbons (Fsp3) is 0.375. The van der Waals surface area contributed by atoms with Crippen LogP contribution in [0.3, 0.4) is 0 Å². The average Bonchev–Trinajstić information content (AvgIpc) is 2.90. The molecule has 1 heterocycles. The third-order valence-electron chi connectivity index (χ3n) is 3.46. The van der Waals surface area contributed by atoms with Crippen molar-refractivity contribution in [3.8, 4) is 5.75 Å². The number of hydrogen-bond acceptors (Lipinski definition) is 7. The van der Waals surface area contributed by atoms with Gasteiger partial charge in [0.15, 0.2) is 0 Å². The van der Waals surface area contributed by atoms with Gasteiger partial charge in [-0.25, -0.2) is 4.79 Å². The first-order valence-corrected chi connectivity index (χ1v) is 7.55. The molecule has 24 heavy (non-hydrogen) atoms. The summed E-state index contributed by atoms with van der Waals surface area (Å²) in [4.78, 5) is 39.0. The maximum absolute atomic E-state index is 11.6. The molecule has 128 valence electrons. The Morgan fingerprint density at radius 3 is 2.42 bits per heavy atom. The summed E-state index contributed by atoms with van der Waals surface area (Å²) in [5, 5.41) is 4.15. The van der Waals surface area contributed by atoms with Gasteiger partial charge in [0, 0.05) is 12.8 Å². The lowest BCUT2D eigenvalue weighted by atomic mass is 10.1. The Balaban J connectivity index is 1.70. The first-order chi connectivity index (χ1) is 11.5. The standard InChI is InChI=1S/C16H19N3O5/c1-11(18-17)12-4-6-13(7-5-12)23-10-2-3-16(22)24-19-14(20)8-9-15(19)21/h4-7H,2-3,8-10,17H2,1H3/b18-11+. The van der Waals surface area contributed by atoms with Gasteiger partial charge in [-0.2, -0.15) is 5.10 Å². The molecule has 0 saturated carbocycles. The van der Waals surface area contributed by atoms with E-state index < -0.39 is 17.8 Å². The van der Waals surface area contributed by atoms with Crippen LogP contribution in [0, 0.1) is 0 Å². The summed E-state index contributed by atoms with van der Waals surface area (Å²) in [6.07, 6.45) is 0.618. The van der Waals surface area contributed by atoms with Gasteiger partial charge in [-0.1, -0.05) is 0 Å². The van der Waals surface area contributed by atoms with Crippen LogP contribution in [0.1, 0.15) is 38.2 Å². The van der Waals surface area contributed by atoms with Crippen LogP contribution >= 0.6 is 0 Å². The number of ether oxygens (including phenoxy) is 1. The van der Waals surface area contributed by atoms with Crippen molar-refractivity contribution >= 4 is 23.5 Å². The van der Waals surface area contributed by atoms with Gasteiger partial charge >= 0.3 is 5.97 Å². The molecule has 0 unspecified atom stereocenters. The third-order valence-corrected chi connectivity index (χ3v) is 3.46. The molecule has 0 aromatic heterocycles. The van der Waals surface area contributed by atoms with Gasteiger partial charge in [0.05, 0.1) is 18.7 Å². The number of rotatable bonds is 7. The van der Waals surface area contributed by atoms with E-state index in [4.69, 9.17) is 15.4 Å². The van der Waals surface area contributed by atoms with Gasteiger partial charge in [0.1, 0.15) is 5.75 Å². The summed E-state index contributed by atoms with van der Waals surface area (Å²) in [7, 11) is 0. The molecule has 1 aromatic carbocycles. The lowest BCUT2D eigenvalue weighted by Gasteiger charge is -2.12. The predicted molar refractivity (Wildman–Crippen MR) is 84.7 cm³/mol. The number of imide groups is 1. The highest BCUT2D eigenvalue weighted by molar-refractivity contribution is 6.01.